The first-order valence-corrected chi connectivity index (χ1v) is 6.28. The summed E-state index contributed by atoms with van der Waals surface area (Å²) in [6.45, 7) is 12.5. The minimum atomic E-state index is -0.461. The molecule has 1 unspecified atom stereocenters. The molecule has 3 N–H and O–H groups in total. The Morgan fingerprint density at radius 1 is 1.29 bits per heavy atom. The lowest BCUT2D eigenvalue weighted by Crippen LogP contribution is -2.41. The average molecular weight is 244 g/mol. The van der Waals surface area contributed by atoms with E-state index in [4.69, 9.17) is 10.5 Å². The van der Waals surface area contributed by atoms with Gasteiger partial charge in [-0.1, -0.05) is 27.2 Å². The quantitative estimate of drug-likeness (QED) is 0.781. The molecule has 0 fully saturated rings. The third-order valence-electron chi connectivity index (χ3n) is 2.68. The first-order chi connectivity index (χ1) is 7.56. The van der Waals surface area contributed by atoms with Crippen LogP contribution >= 0.6 is 0 Å². The highest BCUT2D eigenvalue weighted by atomic mass is 16.6. The second kappa shape index (κ2) is 6.24. The molecule has 0 aromatic rings. The van der Waals surface area contributed by atoms with Crippen molar-refractivity contribution in [2.45, 2.75) is 66.0 Å². The molecule has 17 heavy (non-hydrogen) atoms. The lowest BCUT2D eigenvalue weighted by Gasteiger charge is -2.27. The number of nitrogens with two attached hydrogens (primary N) is 1. The molecule has 0 aliphatic carbocycles. The SMILES string of the molecule is CCC(C)(C)CC(N)CNC(=O)OC(C)(C)C. The van der Waals surface area contributed by atoms with Crippen molar-refractivity contribution in [3.63, 3.8) is 0 Å². The Morgan fingerprint density at radius 3 is 2.24 bits per heavy atom. The van der Waals surface area contributed by atoms with Crippen molar-refractivity contribution in [2.24, 2.45) is 11.1 Å². The summed E-state index contributed by atoms with van der Waals surface area (Å²) >= 11 is 0. The van der Waals surface area contributed by atoms with E-state index in [0.29, 0.717) is 6.54 Å². The molecule has 4 heteroatoms. The lowest BCUT2D eigenvalue weighted by molar-refractivity contribution is 0.0521. The molecule has 0 saturated heterocycles. The molecule has 1 amide bonds. The van der Waals surface area contributed by atoms with Crippen molar-refractivity contribution >= 4 is 6.09 Å². The fraction of sp³-hybridized carbons (Fsp3) is 0.923. The molecule has 0 aliphatic rings. The van der Waals surface area contributed by atoms with Crippen LogP contribution < -0.4 is 11.1 Å². The van der Waals surface area contributed by atoms with Gasteiger partial charge in [-0.2, -0.15) is 0 Å². The maximum atomic E-state index is 11.4. The standard InChI is InChI=1S/C13H28N2O2/c1-7-13(5,6)8-10(14)9-15-11(16)17-12(2,3)4/h10H,7-9,14H2,1-6H3,(H,15,16). The van der Waals surface area contributed by atoms with Crippen LogP contribution in [0.5, 0.6) is 0 Å². The van der Waals surface area contributed by atoms with Crippen LogP contribution in [0.1, 0.15) is 54.4 Å². The third-order valence-corrected chi connectivity index (χ3v) is 2.68. The van der Waals surface area contributed by atoms with Crippen LogP contribution in [0, 0.1) is 5.41 Å². The maximum absolute atomic E-state index is 11.4. The number of rotatable bonds is 5. The minimum Gasteiger partial charge on any atom is -0.444 e. The fourth-order valence-electron chi connectivity index (χ4n) is 1.45. The van der Waals surface area contributed by atoms with Crippen LogP contribution in [-0.2, 0) is 4.74 Å². The zero-order valence-corrected chi connectivity index (χ0v) is 12.1. The molecular weight excluding hydrogens is 216 g/mol. The molecule has 0 aromatic heterocycles. The molecule has 102 valence electrons. The largest absolute Gasteiger partial charge is 0.444 e. The van der Waals surface area contributed by atoms with E-state index in [2.05, 4.69) is 26.1 Å². The van der Waals surface area contributed by atoms with Gasteiger partial charge in [-0.25, -0.2) is 4.79 Å². The van der Waals surface area contributed by atoms with Crippen LogP contribution in [0.25, 0.3) is 0 Å². The molecule has 0 bridgehead atoms. The number of hydrogen-bond acceptors (Lipinski definition) is 3. The second-order valence-corrected chi connectivity index (χ2v) is 6.36. The predicted molar refractivity (Wildman–Crippen MR) is 70.9 cm³/mol. The highest BCUT2D eigenvalue weighted by Crippen LogP contribution is 2.25. The Hall–Kier alpha value is -0.770. The van der Waals surface area contributed by atoms with Gasteiger partial charge >= 0.3 is 6.09 Å². The summed E-state index contributed by atoms with van der Waals surface area (Å²) in [6, 6.07) is -0.0301. The fourth-order valence-corrected chi connectivity index (χ4v) is 1.45. The number of carbonyl (C=O) groups excluding carboxylic acids is 1. The molecular formula is C13H28N2O2. The number of amides is 1. The van der Waals surface area contributed by atoms with Crippen molar-refractivity contribution < 1.29 is 9.53 Å². The topological polar surface area (TPSA) is 64.3 Å². The van der Waals surface area contributed by atoms with Gasteiger partial charge in [-0.3, -0.25) is 0 Å². The Kier molecular flexibility index (Phi) is 5.96. The summed E-state index contributed by atoms with van der Waals surface area (Å²) in [4.78, 5) is 11.4. The van der Waals surface area contributed by atoms with Gasteiger partial charge in [0.15, 0.2) is 0 Å². The Bertz CT molecular complexity index is 244. The summed E-state index contributed by atoms with van der Waals surface area (Å²) in [5.74, 6) is 0. The van der Waals surface area contributed by atoms with Gasteiger partial charge in [-0.05, 0) is 32.6 Å². The van der Waals surface area contributed by atoms with Crippen LogP contribution in [0.3, 0.4) is 0 Å². The summed E-state index contributed by atoms with van der Waals surface area (Å²) in [5.41, 5.74) is 5.73. The molecule has 0 aromatic carbocycles. The van der Waals surface area contributed by atoms with Crippen molar-refractivity contribution in [3.05, 3.63) is 0 Å². The van der Waals surface area contributed by atoms with Gasteiger partial charge in [0.1, 0.15) is 5.60 Å². The van der Waals surface area contributed by atoms with Gasteiger partial charge < -0.3 is 15.8 Å². The number of ether oxygens (including phenoxy) is 1. The zero-order chi connectivity index (χ0) is 13.7. The second-order valence-electron chi connectivity index (χ2n) is 6.36. The van der Waals surface area contributed by atoms with Gasteiger partial charge in [0.2, 0.25) is 0 Å². The number of carbonyl (C=O) groups is 1. The third kappa shape index (κ3) is 8.98. The van der Waals surface area contributed by atoms with E-state index in [1.807, 2.05) is 20.8 Å². The first kappa shape index (κ1) is 16.2. The average Bonchev–Trinajstić information content (AvgIpc) is 2.11. The maximum Gasteiger partial charge on any atom is 0.407 e. The molecule has 0 spiro atoms. The van der Waals surface area contributed by atoms with E-state index < -0.39 is 11.7 Å². The monoisotopic (exact) mass is 244 g/mol. The van der Waals surface area contributed by atoms with Gasteiger partial charge in [-0.15, -0.1) is 0 Å². The van der Waals surface area contributed by atoms with Crippen molar-refractivity contribution in [1.82, 2.24) is 5.32 Å². The van der Waals surface area contributed by atoms with E-state index in [1.54, 1.807) is 0 Å². The summed E-state index contributed by atoms with van der Waals surface area (Å²) in [5, 5.41) is 2.70. The minimum absolute atomic E-state index is 0.0301. The number of hydrogen-bond donors (Lipinski definition) is 2. The Labute approximate surface area is 105 Å². The van der Waals surface area contributed by atoms with Gasteiger partial charge in [0.25, 0.3) is 0 Å². The molecule has 0 radical (unpaired) electrons. The highest BCUT2D eigenvalue weighted by Gasteiger charge is 2.21. The summed E-state index contributed by atoms with van der Waals surface area (Å²) in [7, 11) is 0. The van der Waals surface area contributed by atoms with Crippen LogP contribution in [0.15, 0.2) is 0 Å². The lowest BCUT2D eigenvalue weighted by atomic mass is 9.83. The van der Waals surface area contributed by atoms with E-state index in [-0.39, 0.29) is 11.5 Å². The highest BCUT2D eigenvalue weighted by molar-refractivity contribution is 5.67. The molecule has 4 nitrogen and oxygen atoms in total. The first-order valence-electron chi connectivity index (χ1n) is 6.28. The van der Waals surface area contributed by atoms with Gasteiger partial charge in [0.05, 0.1) is 0 Å². The zero-order valence-electron chi connectivity index (χ0n) is 12.1. The number of alkyl carbamates (subject to hydrolysis) is 1. The van der Waals surface area contributed by atoms with E-state index >= 15 is 0 Å². The Balaban J connectivity index is 3.93. The summed E-state index contributed by atoms with van der Waals surface area (Å²) in [6.07, 6.45) is 1.56. The van der Waals surface area contributed by atoms with Crippen molar-refractivity contribution in [2.75, 3.05) is 6.54 Å². The smallest absolute Gasteiger partial charge is 0.407 e. The van der Waals surface area contributed by atoms with E-state index in [0.717, 1.165) is 12.8 Å². The molecule has 0 heterocycles. The summed E-state index contributed by atoms with van der Waals surface area (Å²) < 4.78 is 5.14. The van der Waals surface area contributed by atoms with Crippen molar-refractivity contribution in [1.29, 1.82) is 0 Å². The predicted octanol–water partition coefficient (Wildman–Crippen LogP) is 2.66. The molecule has 1 atom stereocenters. The van der Waals surface area contributed by atoms with Crippen LogP contribution in [0.4, 0.5) is 4.79 Å². The van der Waals surface area contributed by atoms with E-state index in [1.165, 1.54) is 0 Å². The molecule has 0 rings (SSSR count). The number of nitrogens with one attached hydrogen (secondary N) is 1. The molecule has 0 saturated carbocycles. The van der Waals surface area contributed by atoms with Crippen LogP contribution in [-0.4, -0.2) is 24.3 Å². The van der Waals surface area contributed by atoms with Crippen LogP contribution in [0.2, 0.25) is 0 Å². The van der Waals surface area contributed by atoms with Crippen molar-refractivity contribution in [3.8, 4) is 0 Å². The van der Waals surface area contributed by atoms with E-state index in [9.17, 15) is 4.79 Å². The normalized spacial score (nSPS) is 14.3. The Morgan fingerprint density at radius 2 is 1.82 bits per heavy atom. The molecule has 0 aliphatic heterocycles. The van der Waals surface area contributed by atoms with Gasteiger partial charge in [0, 0.05) is 12.6 Å².